The van der Waals surface area contributed by atoms with Gasteiger partial charge in [0.2, 0.25) is 0 Å². The van der Waals surface area contributed by atoms with E-state index in [0.29, 0.717) is 12.5 Å². The summed E-state index contributed by atoms with van der Waals surface area (Å²) in [5.74, 6) is 2.21. The van der Waals surface area contributed by atoms with E-state index in [1.165, 1.54) is 89.0 Å². The molecule has 4 fully saturated rings. The van der Waals surface area contributed by atoms with Crippen molar-refractivity contribution in [2.45, 2.75) is 107 Å². The van der Waals surface area contributed by atoms with Crippen LogP contribution >= 0.6 is 0 Å². The quantitative estimate of drug-likeness (QED) is 0.583. The van der Waals surface area contributed by atoms with Crippen LogP contribution in [-0.2, 0) is 9.53 Å². The first-order valence-corrected chi connectivity index (χ1v) is 13.4. The predicted octanol–water partition coefficient (Wildman–Crippen LogP) is 5.51. The monoisotopic (exact) mass is 436 g/mol. The minimum atomic E-state index is -0.0822. The molecule has 4 bridgehead atoms. The normalized spacial score (nSPS) is 38.9. The van der Waals surface area contributed by atoms with Crippen LogP contribution in [-0.4, -0.2) is 48.7 Å². The Hall–Kier alpha value is -1.55. The summed E-state index contributed by atoms with van der Waals surface area (Å²) in [5, 5.41) is 0. The van der Waals surface area contributed by atoms with Crippen molar-refractivity contribution in [3.05, 3.63) is 29.8 Å². The highest BCUT2D eigenvalue weighted by Gasteiger charge is 2.47. The van der Waals surface area contributed by atoms with E-state index in [9.17, 15) is 4.79 Å². The van der Waals surface area contributed by atoms with Gasteiger partial charge in [0.15, 0.2) is 0 Å². The molecule has 0 spiro atoms. The highest BCUT2D eigenvalue weighted by molar-refractivity contribution is 5.73. The Kier molecular flexibility index (Phi) is 5.69. The molecule has 1 aromatic rings. The number of hydrogen-bond acceptors (Lipinski definition) is 4. The van der Waals surface area contributed by atoms with E-state index in [1.54, 1.807) is 0 Å². The highest BCUT2D eigenvalue weighted by Crippen LogP contribution is 2.48. The number of carbonyl (C=O) groups is 1. The number of benzene rings is 1. The van der Waals surface area contributed by atoms with E-state index in [2.05, 4.69) is 34.1 Å². The van der Waals surface area contributed by atoms with Crippen molar-refractivity contribution in [3.63, 3.8) is 0 Å². The average Bonchev–Trinajstić information content (AvgIpc) is 3.16. The topological polar surface area (TPSA) is 32.8 Å². The first kappa shape index (κ1) is 21.0. The zero-order chi connectivity index (χ0) is 21.7. The Balaban J connectivity index is 1.20. The standard InChI is InChI=1S/C28H40N2O2/c1-32-28(31)15-21-18-29(27-11-3-2-10-26(21)27)24-16-22-8-5-9-23(17-24)30(22)25-13-19-6-4-7-20(12-19)14-25/h2-3,10-11,19-25H,4-9,12-18H2,1H3/t19-,20+,21?,22-,23+,24?,25?. The largest absolute Gasteiger partial charge is 0.469 e. The lowest BCUT2D eigenvalue weighted by atomic mass is 9.68. The molecule has 0 N–H and O–H groups in total. The fourth-order valence-corrected chi connectivity index (χ4v) is 8.51. The number of rotatable bonds is 4. The van der Waals surface area contributed by atoms with Crippen molar-refractivity contribution in [1.29, 1.82) is 0 Å². The Morgan fingerprint density at radius 2 is 1.56 bits per heavy atom. The number of fused-ring (bicyclic) bond motifs is 5. The van der Waals surface area contributed by atoms with Crippen LogP contribution in [0.15, 0.2) is 24.3 Å². The van der Waals surface area contributed by atoms with Crippen LogP contribution in [0.3, 0.4) is 0 Å². The number of nitrogens with zero attached hydrogens (tertiary/aromatic N) is 2. The second-order valence-corrected chi connectivity index (χ2v) is 11.5. The minimum absolute atomic E-state index is 0.0822. The van der Waals surface area contributed by atoms with Crippen molar-refractivity contribution in [1.82, 2.24) is 4.90 Å². The lowest BCUT2D eigenvalue weighted by Gasteiger charge is -2.56. The van der Waals surface area contributed by atoms with Gasteiger partial charge in [-0.3, -0.25) is 9.69 Å². The SMILES string of the molecule is COC(=O)CC1CN(C2C[C@H]3CCC[C@@H](C2)N3C2C[C@H]3CCC[C@@H](C2)C3)c2ccccc21. The molecule has 0 radical (unpaired) electrons. The third-order valence-corrected chi connectivity index (χ3v) is 9.71. The van der Waals surface area contributed by atoms with Gasteiger partial charge in [0.05, 0.1) is 13.5 Å². The van der Waals surface area contributed by atoms with E-state index >= 15 is 0 Å². The molecular formula is C28H40N2O2. The van der Waals surface area contributed by atoms with E-state index in [1.807, 2.05) is 0 Å². The Bertz CT molecular complexity index is 814. The average molecular weight is 437 g/mol. The number of piperidine rings is 2. The maximum absolute atomic E-state index is 12.1. The fraction of sp³-hybridized carbons (Fsp3) is 0.750. The van der Waals surface area contributed by atoms with Crippen LogP contribution in [0.1, 0.15) is 88.5 Å². The first-order chi connectivity index (χ1) is 15.7. The van der Waals surface area contributed by atoms with Gasteiger partial charge in [0.25, 0.3) is 0 Å². The molecule has 4 nitrogen and oxygen atoms in total. The fourth-order valence-electron chi connectivity index (χ4n) is 8.51. The second kappa shape index (κ2) is 8.66. The number of carbonyl (C=O) groups excluding carboxylic acids is 1. The molecule has 2 aliphatic carbocycles. The molecule has 1 aromatic carbocycles. The van der Waals surface area contributed by atoms with Crippen LogP contribution in [0.4, 0.5) is 5.69 Å². The summed E-state index contributed by atoms with van der Waals surface area (Å²) in [6.45, 7) is 0.978. The number of esters is 1. The zero-order valence-corrected chi connectivity index (χ0v) is 19.8. The first-order valence-electron chi connectivity index (χ1n) is 13.4. The lowest BCUT2D eigenvalue weighted by Crippen LogP contribution is -2.61. The maximum atomic E-state index is 12.1. The van der Waals surface area contributed by atoms with Crippen LogP contribution in [0.25, 0.3) is 0 Å². The molecule has 2 saturated carbocycles. The molecule has 0 aromatic heterocycles. The molecule has 4 heteroatoms. The Morgan fingerprint density at radius 3 is 2.28 bits per heavy atom. The molecule has 2 saturated heterocycles. The summed E-state index contributed by atoms with van der Waals surface area (Å²) in [7, 11) is 1.51. The van der Waals surface area contributed by atoms with Crippen LogP contribution < -0.4 is 4.90 Å². The zero-order valence-electron chi connectivity index (χ0n) is 19.8. The lowest BCUT2D eigenvalue weighted by molar-refractivity contribution is -0.141. The van der Waals surface area contributed by atoms with Gasteiger partial charge in [0, 0.05) is 42.3 Å². The Labute approximate surface area is 193 Å². The van der Waals surface area contributed by atoms with Gasteiger partial charge in [0.1, 0.15) is 0 Å². The van der Waals surface area contributed by atoms with Crippen molar-refractivity contribution < 1.29 is 9.53 Å². The van der Waals surface area contributed by atoms with Gasteiger partial charge >= 0.3 is 5.97 Å². The third-order valence-electron chi connectivity index (χ3n) is 9.71. The molecule has 174 valence electrons. The molecule has 3 heterocycles. The van der Waals surface area contributed by atoms with Crippen molar-refractivity contribution in [2.24, 2.45) is 11.8 Å². The summed E-state index contributed by atoms with van der Waals surface area (Å²) >= 11 is 0. The Morgan fingerprint density at radius 1 is 0.875 bits per heavy atom. The van der Waals surface area contributed by atoms with E-state index in [4.69, 9.17) is 4.74 Å². The highest BCUT2D eigenvalue weighted by atomic mass is 16.5. The molecule has 3 aliphatic heterocycles. The van der Waals surface area contributed by atoms with Crippen LogP contribution in [0.2, 0.25) is 0 Å². The molecule has 32 heavy (non-hydrogen) atoms. The maximum Gasteiger partial charge on any atom is 0.306 e. The van der Waals surface area contributed by atoms with Crippen molar-refractivity contribution >= 4 is 11.7 Å². The third kappa shape index (κ3) is 3.77. The molecule has 6 rings (SSSR count). The molecular weight excluding hydrogens is 396 g/mol. The van der Waals surface area contributed by atoms with E-state index < -0.39 is 0 Å². The van der Waals surface area contributed by atoms with Crippen LogP contribution in [0.5, 0.6) is 0 Å². The number of anilines is 1. The van der Waals surface area contributed by atoms with Gasteiger partial charge in [-0.2, -0.15) is 0 Å². The number of para-hydroxylation sites is 1. The molecule has 5 aliphatic rings. The summed E-state index contributed by atoms with van der Waals surface area (Å²) in [5.41, 5.74) is 2.73. The molecule has 3 unspecified atom stereocenters. The van der Waals surface area contributed by atoms with E-state index in [-0.39, 0.29) is 11.9 Å². The smallest absolute Gasteiger partial charge is 0.306 e. The van der Waals surface area contributed by atoms with Crippen molar-refractivity contribution in [3.8, 4) is 0 Å². The van der Waals surface area contributed by atoms with Gasteiger partial charge < -0.3 is 9.64 Å². The number of hydrogen-bond donors (Lipinski definition) is 0. The van der Waals surface area contributed by atoms with Crippen LogP contribution in [0, 0.1) is 11.8 Å². The summed E-state index contributed by atoms with van der Waals surface area (Å²) < 4.78 is 5.02. The summed E-state index contributed by atoms with van der Waals surface area (Å²) in [4.78, 5) is 17.8. The van der Waals surface area contributed by atoms with Gasteiger partial charge in [-0.05, 0) is 68.4 Å². The van der Waals surface area contributed by atoms with Gasteiger partial charge in [-0.15, -0.1) is 0 Å². The summed E-state index contributed by atoms with van der Waals surface area (Å²) in [6.07, 6.45) is 16.2. The summed E-state index contributed by atoms with van der Waals surface area (Å²) in [6, 6.07) is 11.8. The number of ether oxygens (including phenoxy) is 1. The predicted molar refractivity (Wildman–Crippen MR) is 128 cm³/mol. The van der Waals surface area contributed by atoms with Gasteiger partial charge in [-0.1, -0.05) is 43.9 Å². The minimum Gasteiger partial charge on any atom is -0.469 e. The second-order valence-electron chi connectivity index (χ2n) is 11.5. The van der Waals surface area contributed by atoms with E-state index in [0.717, 1.165) is 36.5 Å². The molecule has 7 atom stereocenters. The van der Waals surface area contributed by atoms with Gasteiger partial charge in [-0.25, -0.2) is 0 Å². The van der Waals surface area contributed by atoms with Crippen molar-refractivity contribution in [2.75, 3.05) is 18.6 Å². The molecule has 0 amide bonds. The number of methoxy groups -OCH3 is 1.